The highest BCUT2D eigenvalue weighted by molar-refractivity contribution is 5.91. The van der Waals surface area contributed by atoms with Crippen LogP contribution in [0, 0.1) is 19.7 Å². The van der Waals surface area contributed by atoms with Crippen LogP contribution in [0.4, 0.5) is 4.39 Å². The third kappa shape index (κ3) is 2.01. The van der Waals surface area contributed by atoms with Crippen molar-refractivity contribution in [1.82, 2.24) is 4.57 Å². The second kappa shape index (κ2) is 4.47. The molecule has 0 unspecified atom stereocenters. The van der Waals surface area contributed by atoms with Gasteiger partial charge in [-0.05, 0) is 62.1 Å². The van der Waals surface area contributed by atoms with Crippen LogP contribution in [-0.4, -0.2) is 15.6 Å². The molecular weight excluding hydrogens is 257 g/mol. The second-order valence-electron chi connectivity index (χ2n) is 5.40. The minimum Gasteiger partial charge on any atom is -0.478 e. The summed E-state index contributed by atoms with van der Waals surface area (Å²) >= 11 is 0. The van der Waals surface area contributed by atoms with Crippen LogP contribution < -0.4 is 0 Å². The number of nitrogens with zero attached hydrogens (tertiary/aromatic N) is 1. The van der Waals surface area contributed by atoms with Gasteiger partial charge in [0.15, 0.2) is 0 Å². The normalized spacial score (nSPS) is 14.6. The summed E-state index contributed by atoms with van der Waals surface area (Å²) in [5.41, 5.74) is 3.41. The first kappa shape index (κ1) is 12.9. The summed E-state index contributed by atoms with van der Waals surface area (Å²) in [5, 5.41) is 9.28. The van der Waals surface area contributed by atoms with Crippen molar-refractivity contribution in [3.8, 4) is 11.3 Å². The van der Waals surface area contributed by atoms with E-state index in [0.717, 1.165) is 29.8 Å². The predicted octanol–water partition coefficient (Wildman–Crippen LogP) is 3.94. The minimum absolute atomic E-state index is 0.242. The van der Waals surface area contributed by atoms with Gasteiger partial charge in [0, 0.05) is 17.4 Å². The van der Waals surface area contributed by atoms with Gasteiger partial charge in [-0.25, -0.2) is 9.18 Å². The van der Waals surface area contributed by atoms with Crippen molar-refractivity contribution in [2.75, 3.05) is 0 Å². The van der Waals surface area contributed by atoms with Crippen molar-refractivity contribution in [1.29, 1.82) is 0 Å². The number of halogens is 1. The lowest BCUT2D eigenvalue weighted by Gasteiger charge is -2.11. The molecule has 20 heavy (non-hydrogen) atoms. The van der Waals surface area contributed by atoms with Gasteiger partial charge in [-0.1, -0.05) is 0 Å². The molecule has 0 amide bonds. The summed E-state index contributed by atoms with van der Waals surface area (Å²) in [6.45, 7) is 3.55. The van der Waals surface area contributed by atoms with Crippen molar-refractivity contribution < 1.29 is 14.3 Å². The third-order valence-electron chi connectivity index (χ3n) is 3.89. The average Bonchev–Trinajstić information content (AvgIpc) is 3.16. The molecule has 2 aromatic rings. The monoisotopic (exact) mass is 273 g/mol. The zero-order valence-corrected chi connectivity index (χ0v) is 11.5. The standard InChI is InChI=1S/C16H16FNO2/c1-9-7-11(3-6-14(9)17)15-8-13(16(19)20)10(2)18(15)12-4-5-12/h3,6-8,12H,4-5H2,1-2H3,(H,19,20). The Balaban J connectivity index is 2.19. The van der Waals surface area contributed by atoms with E-state index in [0.29, 0.717) is 17.2 Å². The zero-order chi connectivity index (χ0) is 14.4. The quantitative estimate of drug-likeness (QED) is 0.920. The Hall–Kier alpha value is -2.10. The van der Waals surface area contributed by atoms with E-state index in [1.807, 2.05) is 6.92 Å². The SMILES string of the molecule is Cc1cc(-c2cc(C(=O)O)c(C)n2C2CC2)ccc1F. The van der Waals surface area contributed by atoms with Gasteiger partial charge in [-0.3, -0.25) is 0 Å². The molecule has 4 heteroatoms. The first-order chi connectivity index (χ1) is 9.49. The smallest absolute Gasteiger partial charge is 0.337 e. The average molecular weight is 273 g/mol. The number of aromatic carboxylic acids is 1. The number of carboxylic acid groups (broad SMARTS) is 1. The molecule has 0 aliphatic heterocycles. The summed E-state index contributed by atoms with van der Waals surface area (Å²) in [6.07, 6.45) is 2.14. The second-order valence-corrected chi connectivity index (χ2v) is 5.40. The molecule has 1 fully saturated rings. The van der Waals surface area contributed by atoms with Gasteiger partial charge in [-0.15, -0.1) is 0 Å². The molecule has 3 rings (SSSR count). The van der Waals surface area contributed by atoms with Crippen LogP contribution in [-0.2, 0) is 0 Å². The number of benzene rings is 1. The maximum absolute atomic E-state index is 13.4. The lowest BCUT2D eigenvalue weighted by molar-refractivity contribution is 0.0696. The number of hydrogen-bond donors (Lipinski definition) is 1. The van der Waals surface area contributed by atoms with Gasteiger partial charge in [0.05, 0.1) is 5.56 Å². The number of hydrogen-bond acceptors (Lipinski definition) is 1. The van der Waals surface area contributed by atoms with Gasteiger partial charge < -0.3 is 9.67 Å². The van der Waals surface area contributed by atoms with Crippen LogP contribution in [0.2, 0.25) is 0 Å². The molecule has 0 radical (unpaired) electrons. The predicted molar refractivity (Wildman–Crippen MR) is 74.5 cm³/mol. The van der Waals surface area contributed by atoms with Crippen molar-refractivity contribution in [2.45, 2.75) is 32.7 Å². The van der Waals surface area contributed by atoms with Crippen molar-refractivity contribution >= 4 is 5.97 Å². The molecule has 1 heterocycles. The fraction of sp³-hybridized carbons (Fsp3) is 0.312. The van der Waals surface area contributed by atoms with E-state index in [4.69, 9.17) is 0 Å². The largest absolute Gasteiger partial charge is 0.478 e. The van der Waals surface area contributed by atoms with Gasteiger partial charge in [0.25, 0.3) is 0 Å². The Morgan fingerprint density at radius 1 is 1.30 bits per heavy atom. The molecule has 1 saturated carbocycles. The van der Waals surface area contributed by atoms with E-state index in [1.165, 1.54) is 6.07 Å². The zero-order valence-electron chi connectivity index (χ0n) is 11.5. The van der Waals surface area contributed by atoms with Crippen LogP contribution in [0.15, 0.2) is 24.3 Å². The number of aryl methyl sites for hydroxylation is 1. The molecule has 104 valence electrons. The summed E-state index contributed by atoms with van der Waals surface area (Å²) in [6, 6.07) is 6.99. The van der Waals surface area contributed by atoms with E-state index in [9.17, 15) is 14.3 Å². The first-order valence-corrected chi connectivity index (χ1v) is 6.70. The van der Waals surface area contributed by atoms with E-state index in [1.54, 1.807) is 25.1 Å². The van der Waals surface area contributed by atoms with Gasteiger partial charge in [-0.2, -0.15) is 0 Å². The van der Waals surface area contributed by atoms with Gasteiger partial charge in [0.2, 0.25) is 0 Å². The molecule has 1 N–H and O–H groups in total. The van der Waals surface area contributed by atoms with Crippen LogP contribution in [0.5, 0.6) is 0 Å². The van der Waals surface area contributed by atoms with Crippen LogP contribution in [0.1, 0.15) is 40.5 Å². The molecule has 3 nitrogen and oxygen atoms in total. The lowest BCUT2D eigenvalue weighted by Crippen LogP contribution is -2.02. The lowest BCUT2D eigenvalue weighted by atomic mass is 10.1. The Kier molecular flexibility index (Phi) is 2.89. The first-order valence-electron chi connectivity index (χ1n) is 6.70. The fourth-order valence-electron chi connectivity index (χ4n) is 2.67. The molecule has 0 saturated heterocycles. The summed E-state index contributed by atoms with van der Waals surface area (Å²) in [4.78, 5) is 11.3. The van der Waals surface area contributed by atoms with Crippen LogP contribution in [0.25, 0.3) is 11.3 Å². The molecule has 0 spiro atoms. The minimum atomic E-state index is -0.915. The third-order valence-corrected chi connectivity index (χ3v) is 3.89. The Labute approximate surface area is 116 Å². The molecule has 1 aliphatic carbocycles. The fourth-order valence-corrected chi connectivity index (χ4v) is 2.67. The molecule has 1 aromatic heterocycles. The molecule has 1 aliphatic rings. The van der Waals surface area contributed by atoms with E-state index < -0.39 is 5.97 Å². The Bertz CT molecular complexity index is 699. The van der Waals surface area contributed by atoms with Crippen LogP contribution >= 0.6 is 0 Å². The summed E-state index contributed by atoms with van der Waals surface area (Å²) < 4.78 is 15.5. The highest BCUT2D eigenvalue weighted by Gasteiger charge is 2.30. The maximum atomic E-state index is 13.4. The number of carbonyl (C=O) groups is 1. The highest BCUT2D eigenvalue weighted by atomic mass is 19.1. The summed E-state index contributed by atoms with van der Waals surface area (Å²) in [7, 11) is 0. The molecule has 0 atom stereocenters. The van der Waals surface area contributed by atoms with Crippen LogP contribution in [0.3, 0.4) is 0 Å². The van der Waals surface area contributed by atoms with E-state index in [2.05, 4.69) is 4.57 Å². The Morgan fingerprint density at radius 3 is 2.55 bits per heavy atom. The molecular formula is C16H16FNO2. The van der Waals surface area contributed by atoms with Crippen molar-refractivity contribution in [3.05, 3.63) is 46.9 Å². The topological polar surface area (TPSA) is 42.2 Å². The number of rotatable bonds is 3. The molecule has 1 aromatic carbocycles. The molecule has 0 bridgehead atoms. The van der Waals surface area contributed by atoms with E-state index in [-0.39, 0.29) is 5.82 Å². The van der Waals surface area contributed by atoms with Gasteiger partial charge in [0.1, 0.15) is 5.82 Å². The van der Waals surface area contributed by atoms with Crippen molar-refractivity contribution in [2.24, 2.45) is 0 Å². The van der Waals surface area contributed by atoms with Gasteiger partial charge >= 0.3 is 5.97 Å². The summed E-state index contributed by atoms with van der Waals surface area (Å²) in [5.74, 6) is -1.16. The highest BCUT2D eigenvalue weighted by Crippen LogP contribution is 2.41. The van der Waals surface area contributed by atoms with Crippen molar-refractivity contribution in [3.63, 3.8) is 0 Å². The Morgan fingerprint density at radius 2 is 2.00 bits per heavy atom. The van der Waals surface area contributed by atoms with E-state index >= 15 is 0 Å². The maximum Gasteiger partial charge on any atom is 0.337 e. The number of carboxylic acids is 1. The number of aromatic nitrogens is 1.